The monoisotopic (exact) mass is 427 g/mol. The number of carbonyl (C=O) groups excluding carboxylic acids is 1. The molecule has 2 saturated heterocycles. The van der Waals surface area contributed by atoms with Gasteiger partial charge < -0.3 is 19.1 Å². The highest BCUT2D eigenvalue weighted by Gasteiger charge is 2.27. The van der Waals surface area contributed by atoms with Crippen molar-refractivity contribution in [2.45, 2.75) is 25.5 Å². The highest BCUT2D eigenvalue weighted by atomic mass is 16.6. The minimum atomic E-state index is -0.171. The number of amides is 1. The lowest BCUT2D eigenvalue weighted by Crippen LogP contribution is -2.44. The van der Waals surface area contributed by atoms with Gasteiger partial charge in [-0.2, -0.15) is 0 Å². The number of morpholine rings is 1. The molecule has 9 heteroatoms. The minimum absolute atomic E-state index is 0.0396. The van der Waals surface area contributed by atoms with Crippen molar-refractivity contribution in [3.8, 4) is 11.5 Å². The molecule has 5 rings (SSSR count). The van der Waals surface area contributed by atoms with Gasteiger partial charge in [0.05, 0.1) is 26.0 Å². The van der Waals surface area contributed by atoms with E-state index in [2.05, 4.69) is 15.2 Å². The Labute approximate surface area is 181 Å². The number of rotatable bonds is 5. The van der Waals surface area contributed by atoms with Crippen molar-refractivity contribution in [1.82, 2.24) is 24.8 Å². The summed E-state index contributed by atoms with van der Waals surface area (Å²) in [6.07, 6.45) is 3.61. The van der Waals surface area contributed by atoms with Gasteiger partial charge in [0.1, 0.15) is 6.61 Å². The maximum atomic E-state index is 12.9. The van der Waals surface area contributed by atoms with Gasteiger partial charge in [-0.25, -0.2) is 4.68 Å². The van der Waals surface area contributed by atoms with Crippen LogP contribution < -0.4 is 9.47 Å². The summed E-state index contributed by atoms with van der Waals surface area (Å²) in [5.41, 5.74) is 0.392. The summed E-state index contributed by atoms with van der Waals surface area (Å²) >= 11 is 0. The molecule has 31 heavy (non-hydrogen) atoms. The van der Waals surface area contributed by atoms with Gasteiger partial charge in [-0.3, -0.25) is 9.69 Å². The van der Waals surface area contributed by atoms with Crippen LogP contribution in [0.15, 0.2) is 30.5 Å². The minimum Gasteiger partial charge on any atom is -0.486 e. The van der Waals surface area contributed by atoms with E-state index in [9.17, 15) is 4.79 Å². The predicted octanol–water partition coefficient (Wildman–Crippen LogP) is 1.30. The zero-order valence-corrected chi connectivity index (χ0v) is 17.7. The molecule has 1 unspecified atom stereocenters. The number of piperidine rings is 1. The number of nitrogens with zero attached hydrogens (tertiary/aromatic N) is 5. The summed E-state index contributed by atoms with van der Waals surface area (Å²) in [4.78, 5) is 17.3. The third-order valence-electron chi connectivity index (χ3n) is 6.24. The zero-order chi connectivity index (χ0) is 21.0. The van der Waals surface area contributed by atoms with E-state index in [0.29, 0.717) is 24.8 Å². The predicted molar refractivity (Wildman–Crippen MR) is 112 cm³/mol. The van der Waals surface area contributed by atoms with E-state index in [0.717, 1.165) is 70.3 Å². The lowest BCUT2D eigenvalue weighted by atomic mass is 9.96. The molecular formula is C22H29N5O4. The Morgan fingerprint density at radius 3 is 2.61 bits per heavy atom. The molecule has 2 aromatic rings. The van der Waals surface area contributed by atoms with Crippen molar-refractivity contribution in [3.05, 3.63) is 36.2 Å². The molecule has 4 heterocycles. The van der Waals surface area contributed by atoms with Crippen molar-refractivity contribution in [1.29, 1.82) is 0 Å². The Bertz CT molecular complexity index is 890. The summed E-state index contributed by atoms with van der Waals surface area (Å²) < 4.78 is 18.8. The summed E-state index contributed by atoms with van der Waals surface area (Å²) in [5, 5.41) is 8.26. The van der Waals surface area contributed by atoms with Crippen LogP contribution in [0.4, 0.5) is 0 Å². The van der Waals surface area contributed by atoms with Gasteiger partial charge >= 0.3 is 0 Å². The SMILES string of the molecule is O=C(c1cn(CC2COc3ccccc3O2)nn1)N1CCC(CN2CCOCC2)CC1. The number of fused-ring (bicyclic) bond motifs is 1. The van der Waals surface area contributed by atoms with Crippen LogP contribution >= 0.6 is 0 Å². The quantitative estimate of drug-likeness (QED) is 0.711. The normalized spacial score (nSPS) is 22.5. The number of carbonyl (C=O) groups is 1. The third-order valence-corrected chi connectivity index (χ3v) is 6.24. The van der Waals surface area contributed by atoms with Crippen LogP contribution in [0.2, 0.25) is 0 Å². The van der Waals surface area contributed by atoms with Crippen LogP contribution in [0.5, 0.6) is 11.5 Å². The second kappa shape index (κ2) is 9.23. The van der Waals surface area contributed by atoms with Gasteiger partial charge in [0.15, 0.2) is 23.3 Å². The first-order valence-electron chi connectivity index (χ1n) is 11.1. The first kappa shape index (κ1) is 20.3. The van der Waals surface area contributed by atoms with Crippen LogP contribution in [0.3, 0.4) is 0 Å². The molecule has 1 aromatic heterocycles. The van der Waals surface area contributed by atoms with Gasteiger partial charge in [0, 0.05) is 32.7 Å². The summed E-state index contributed by atoms with van der Waals surface area (Å²) in [5.74, 6) is 2.09. The largest absolute Gasteiger partial charge is 0.486 e. The third kappa shape index (κ3) is 4.83. The van der Waals surface area contributed by atoms with E-state index < -0.39 is 0 Å². The first-order chi connectivity index (χ1) is 15.2. The molecule has 0 bridgehead atoms. The Balaban J connectivity index is 1.11. The van der Waals surface area contributed by atoms with E-state index in [4.69, 9.17) is 14.2 Å². The molecule has 1 atom stereocenters. The molecular weight excluding hydrogens is 398 g/mol. The summed E-state index contributed by atoms with van der Waals surface area (Å²) in [7, 11) is 0. The van der Waals surface area contributed by atoms with E-state index >= 15 is 0 Å². The second-order valence-electron chi connectivity index (χ2n) is 8.47. The van der Waals surface area contributed by atoms with E-state index in [-0.39, 0.29) is 12.0 Å². The fourth-order valence-electron chi connectivity index (χ4n) is 4.48. The fraction of sp³-hybridized carbons (Fsp3) is 0.591. The Morgan fingerprint density at radius 1 is 1.03 bits per heavy atom. The summed E-state index contributed by atoms with van der Waals surface area (Å²) in [6.45, 7) is 7.28. The molecule has 0 saturated carbocycles. The molecule has 2 fully saturated rings. The van der Waals surface area contributed by atoms with Gasteiger partial charge in [0.2, 0.25) is 0 Å². The Morgan fingerprint density at radius 2 is 1.81 bits per heavy atom. The lowest BCUT2D eigenvalue weighted by molar-refractivity contribution is 0.0242. The molecule has 3 aliphatic heterocycles. The van der Waals surface area contributed by atoms with Crippen molar-refractivity contribution in [2.75, 3.05) is 52.5 Å². The lowest BCUT2D eigenvalue weighted by Gasteiger charge is -2.35. The molecule has 9 nitrogen and oxygen atoms in total. The average Bonchev–Trinajstić information content (AvgIpc) is 3.28. The highest BCUT2D eigenvalue weighted by molar-refractivity contribution is 5.91. The number of hydrogen-bond acceptors (Lipinski definition) is 7. The average molecular weight is 428 g/mol. The standard InChI is InChI=1S/C22H29N5O4/c28-22(26-7-5-17(6-8-26)13-25-9-11-29-12-10-25)19-15-27(24-23-19)14-18-16-30-20-3-1-2-4-21(20)31-18/h1-4,15,17-18H,5-14,16H2. The first-order valence-corrected chi connectivity index (χ1v) is 11.1. The maximum absolute atomic E-state index is 12.9. The molecule has 166 valence electrons. The molecule has 0 aliphatic carbocycles. The van der Waals surface area contributed by atoms with E-state index in [1.807, 2.05) is 29.2 Å². The van der Waals surface area contributed by atoms with E-state index in [1.54, 1.807) is 10.9 Å². The number of likely N-dealkylation sites (tertiary alicyclic amines) is 1. The Kier molecular flexibility index (Phi) is 6.04. The van der Waals surface area contributed by atoms with Gasteiger partial charge in [-0.15, -0.1) is 5.10 Å². The van der Waals surface area contributed by atoms with Gasteiger partial charge in [0.25, 0.3) is 5.91 Å². The number of ether oxygens (including phenoxy) is 3. The van der Waals surface area contributed by atoms with Crippen LogP contribution in [0.1, 0.15) is 23.3 Å². The zero-order valence-electron chi connectivity index (χ0n) is 17.7. The molecule has 1 amide bonds. The van der Waals surface area contributed by atoms with E-state index in [1.165, 1.54) is 0 Å². The molecule has 0 spiro atoms. The van der Waals surface area contributed by atoms with Crippen LogP contribution in [-0.4, -0.2) is 89.3 Å². The number of benzene rings is 1. The van der Waals surface area contributed by atoms with Crippen molar-refractivity contribution in [3.63, 3.8) is 0 Å². The van der Waals surface area contributed by atoms with Crippen molar-refractivity contribution >= 4 is 5.91 Å². The topological polar surface area (TPSA) is 82.0 Å². The number of para-hydroxylation sites is 2. The molecule has 0 radical (unpaired) electrons. The molecule has 0 N–H and O–H groups in total. The van der Waals surface area contributed by atoms with Crippen molar-refractivity contribution < 1.29 is 19.0 Å². The fourth-order valence-corrected chi connectivity index (χ4v) is 4.48. The van der Waals surface area contributed by atoms with Crippen molar-refractivity contribution in [2.24, 2.45) is 5.92 Å². The Hall–Kier alpha value is -2.65. The number of hydrogen-bond donors (Lipinski definition) is 0. The molecule has 1 aromatic carbocycles. The van der Waals surface area contributed by atoms with Gasteiger partial charge in [-0.1, -0.05) is 17.3 Å². The summed E-state index contributed by atoms with van der Waals surface area (Å²) in [6, 6.07) is 7.62. The maximum Gasteiger partial charge on any atom is 0.276 e. The second-order valence-corrected chi connectivity index (χ2v) is 8.47. The van der Waals surface area contributed by atoms with Gasteiger partial charge in [-0.05, 0) is 30.9 Å². The van der Waals surface area contributed by atoms with Crippen LogP contribution in [0.25, 0.3) is 0 Å². The van der Waals surface area contributed by atoms with Crippen LogP contribution in [-0.2, 0) is 11.3 Å². The van der Waals surface area contributed by atoms with Crippen LogP contribution in [0, 0.1) is 5.92 Å². The smallest absolute Gasteiger partial charge is 0.276 e. The highest BCUT2D eigenvalue weighted by Crippen LogP contribution is 2.31. The molecule has 3 aliphatic rings. The number of aromatic nitrogens is 3.